The number of hydrogen-bond donors (Lipinski definition) is 1. The quantitative estimate of drug-likeness (QED) is 0.818. The molecule has 2 saturated carbocycles. The Morgan fingerprint density at radius 3 is 2.40 bits per heavy atom. The summed E-state index contributed by atoms with van der Waals surface area (Å²) in [6.45, 7) is 0. The minimum Gasteiger partial charge on any atom is -0.389 e. The van der Waals surface area contributed by atoms with E-state index in [0.29, 0.717) is 17.6 Å². The van der Waals surface area contributed by atoms with Crippen LogP contribution in [0.1, 0.15) is 64.2 Å². The lowest BCUT2D eigenvalue weighted by Crippen LogP contribution is -2.40. The van der Waals surface area contributed by atoms with Crippen LogP contribution in [0.3, 0.4) is 0 Å². The summed E-state index contributed by atoms with van der Waals surface area (Å²) in [4.78, 5) is 0.759. The molecular weight excluding hydrogens is 330 g/mol. The zero-order valence-electron chi connectivity index (χ0n) is 15.5. The predicted octanol–water partition coefficient (Wildman–Crippen LogP) is 5.04. The van der Waals surface area contributed by atoms with Gasteiger partial charge < -0.3 is 5.11 Å². The van der Waals surface area contributed by atoms with E-state index >= 15 is 0 Å². The van der Waals surface area contributed by atoms with Crippen LogP contribution in [0.15, 0.2) is 39.6 Å². The van der Waals surface area contributed by atoms with Crippen LogP contribution in [0.4, 0.5) is 0 Å². The number of aliphatic hydroxyl groups is 1. The van der Waals surface area contributed by atoms with Crippen molar-refractivity contribution >= 4 is 9.73 Å². The van der Waals surface area contributed by atoms with Gasteiger partial charge in [0.05, 0.1) is 21.1 Å². The summed E-state index contributed by atoms with van der Waals surface area (Å²) in [5, 5.41) is 11.6. The Hall–Kier alpha value is -0.870. The van der Waals surface area contributed by atoms with Crippen molar-refractivity contribution in [2.24, 2.45) is 16.2 Å². The minimum atomic E-state index is -2.56. The molecule has 1 N–H and O–H groups in total. The molecule has 2 aliphatic rings. The van der Waals surface area contributed by atoms with E-state index in [1.54, 1.807) is 7.05 Å². The smallest absolute Gasteiger partial charge is 0.0805 e. The molecule has 1 aromatic carbocycles. The first kappa shape index (κ1) is 18.9. The summed E-state index contributed by atoms with van der Waals surface area (Å²) in [7, 11) is -0.923. The van der Waals surface area contributed by atoms with Crippen LogP contribution in [0.5, 0.6) is 0 Å². The van der Waals surface area contributed by atoms with Gasteiger partial charge in [0, 0.05) is 11.9 Å². The van der Waals surface area contributed by atoms with Gasteiger partial charge in [0.15, 0.2) is 0 Å². The highest BCUT2D eigenvalue weighted by Crippen LogP contribution is 2.52. The second-order valence-electron chi connectivity index (χ2n) is 8.00. The molecule has 0 bridgehead atoms. The molecule has 3 rings (SSSR count). The Bertz CT molecular complexity index is 666. The van der Waals surface area contributed by atoms with Crippen molar-refractivity contribution in [1.29, 1.82) is 0 Å². The Labute approximate surface area is 153 Å². The van der Waals surface area contributed by atoms with Crippen LogP contribution < -0.4 is 0 Å². The third kappa shape index (κ3) is 4.65. The summed E-state index contributed by atoms with van der Waals surface area (Å²) in [6, 6.07) is 9.52. The topological polar surface area (TPSA) is 49.7 Å². The third-order valence-electron chi connectivity index (χ3n) is 6.15. The largest absolute Gasteiger partial charge is 0.389 e. The van der Waals surface area contributed by atoms with Crippen molar-refractivity contribution in [3.05, 3.63) is 30.3 Å². The average Bonchev–Trinajstić information content (AvgIpc) is 3.40. The van der Waals surface area contributed by atoms with Gasteiger partial charge in [0.25, 0.3) is 0 Å². The molecule has 0 heterocycles. The number of rotatable bonds is 3. The lowest BCUT2D eigenvalue weighted by Gasteiger charge is -2.31. The van der Waals surface area contributed by atoms with Crippen molar-refractivity contribution in [1.82, 2.24) is 0 Å². The fourth-order valence-corrected chi connectivity index (χ4v) is 6.66. The second kappa shape index (κ2) is 8.22. The van der Waals surface area contributed by atoms with E-state index in [9.17, 15) is 9.32 Å². The third-order valence-corrected chi connectivity index (χ3v) is 8.64. The molecule has 140 valence electrons. The number of hydrogen-bond acceptors (Lipinski definition) is 3. The van der Waals surface area contributed by atoms with Crippen LogP contribution >= 0.6 is 0 Å². The lowest BCUT2D eigenvalue weighted by molar-refractivity contribution is 0.0232. The molecule has 0 radical (unpaired) electrons. The van der Waals surface area contributed by atoms with E-state index in [1.807, 2.05) is 30.3 Å². The van der Waals surface area contributed by atoms with E-state index in [4.69, 9.17) is 0 Å². The first-order chi connectivity index (χ1) is 12.1. The van der Waals surface area contributed by atoms with Crippen LogP contribution in [0.25, 0.3) is 0 Å². The highest BCUT2D eigenvalue weighted by molar-refractivity contribution is 7.93. The first-order valence-corrected chi connectivity index (χ1v) is 11.7. The molecular formula is C21H33NO2S. The molecule has 4 atom stereocenters. The maximum absolute atomic E-state index is 13.5. The van der Waals surface area contributed by atoms with E-state index in [0.717, 1.165) is 24.2 Å². The molecule has 0 amide bonds. The maximum atomic E-state index is 13.5. The van der Waals surface area contributed by atoms with Gasteiger partial charge in [-0.15, -0.1) is 0 Å². The fourth-order valence-electron chi connectivity index (χ4n) is 4.54. The molecule has 0 aliphatic heterocycles. The number of fused-ring (bicyclic) bond motifs is 1. The predicted molar refractivity (Wildman–Crippen MR) is 104 cm³/mol. The Morgan fingerprint density at radius 1 is 1.08 bits per heavy atom. The normalized spacial score (nSPS) is 33.2. The van der Waals surface area contributed by atoms with Gasteiger partial charge in [-0.05, 0) is 36.8 Å². The van der Waals surface area contributed by atoms with Crippen molar-refractivity contribution in [2.75, 3.05) is 12.8 Å². The molecule has 4 heteroatoms. The average molecular weight is 364 g/mol. The molecule has 3 nitrogen and oxygen atoms in total. The number of benzene rings is 1. The summed E-state index contributed by atoms with van der Waals surface area (Å²) in [5.74, 6) is 1.24. The summed E-state index contributed by atoms with van der Waals surface area (Å²) < 4.78 is 17.8. The van der Waals surface area contributed by atoms with Crippen molar-refractivity contribution < 1.29 is 9.32 Å². The Morgan fingerprint density at radius 2 is 1.72 bits per heavy atom. The molecule has 0 spiro atoms. The maximum Gasteiger partial charge on any atom is 0.0805 e. The summed E-state index contributed by atoms with van der Waals surface area (Å²) in [6.07, 6.45) is 11.9. The van der Waals surface area contributed by atoms with E-state index in [-0.39, 0.29) is 0 Å². The van der Waals surface area contributed by atoms with E-state index in [2.05, 4.69) is 4.36 Å². The molecule has 1 aromatic rings. The van der Waals surface area contributed by atoms with Crippen LogP contribution in [0.2, 0.25) is 0 Å². The zero-order valence-corrected chi connectivity index (χ0v) is 16.3. The standard InChI is InChI=1S/C21H33NO2S/c1-22-25(24,19-13-9-7-10-14-19)17-21(23)15-11-6-4-2-3-5-8-12-18-16-20(18)21/h7,9-10,13-14,18,20,23H,2-6,8,11-12,15-17H2,1H3/t18-,20-,21-,25-/m0/s1. The van der Waals surface area contributed by atoms with Gasteiger partial charge in [0.2, 0.25) is 0 Å². The minimum absolute atomic E-state index is 0.293. The monoisotopic (exact) mass is 363 g/mol. The first-order valence-electron chi connectivity index (χ1n) is 9.98. The van der Waals surface area contributed by atoms with Gasteiger partial charge in [-0.1, -0.05) is 69.6 Å². The SMILES string of the molecule is CN=[S@](=O)(C[C@@]1(O)CCCCCCCCC[C@H]2C[C@@H]21)c1ccccc1. The lowest BCUT2D eigenvalue weighted by atomic mass is 9.89. The van der Waals surface area contributed by atoms with Gasteiger partial charge in [0.1, 0.15) is 0 Å². The summed E-state index contributed by atoms with van der Waals surface area (Å²) >= 11 is 0. The molecule has 0 unspecified atom stereocenters. The molecule has 0 aromatic heterocycles. The van der Waals surface area contributed by atoms with Crippen LogP contribution in [-0.2, 0) is 9.73 Å². The Kier molecular flexibility index (Phi) is 6.21. The van der Waals surface area contributed by atoms with Gasteiger partial charge in [-0.25, -0.2) is 8.57 Å². The van der Waals surface area contributed by atoms with Crippen molar-refractivity contribution in [3.8, 4) is 0 Å². The number of nitrogens with zero attached hydrogens (tertiary/aromatic N) is 1. The molecule has 25 heavy (non-hydrogen) atoms. The van der Waals surface area contributed by atoms with Gasteiger partial charge >= 0.3 is 0 Å². The van der Waals surface area contributed by atoms with Crippen molar-refractivity contribution in [2.45, 2.75) is 74.7 Å². The zero-order chi connectivity index (χ0) is 17.8. The molecule has 2 aliphatic carbocycles. The van der Waals surface area contributed by atoms with Crippen LogP contribution in [-0.4, -0.2) is 27.7 Å². The van der Waals surface area contributed by atoms with E-state index in [1.165, 1.54) is 44.9 Å². The Balaban J connectivity index is 1.80. The molecule has 2 fully saturated rings. The van der Waals surface area contributed by atoms with E-state index < -0.39 is 15.3 Å². The van der Waals surface area contributed by atoms with Crippen molar-refractivity contribution in [3.63, 3.8) is 0 Å². The van der Waals surface area contributed by atoms with Crippen LogP contribution in [0, 0.1) is 11.8 Å². The highest BCUT2D eigenvalue weighted by atomic mass is 32.2. The van der Waals surface area contributed by atoms with Gasteiger partial charge in [-0.3, -0.25) is 0 Å². The molecule has 0 saturated heterocycles. The van der Waals surface area contributed by atoms with Gasteiger partial charge in [-0.2, -0.15) is 0 Å². The summed E-state index contributed by atoms with van der Waals surface area (Å²) in [5.41, 5.74) is -0.823. The second-order valence-corrected chi connectivity index (χ2v) is 10.4. The highest BCUT2D eigenvalue weighted by Gasteiger charge is 2.52. The fraction of sp³-hybridized carbons (Fsp3) is 0.714.